The first-order valence-corrected chi connectivity index (χ1v) is 9.98. The van der Waals surface area contributed by atoms with Gasteiger partial charge in [0, 0.05) is 19.6 Å². The van der Waals surface area contributed by atoms with Crippen LogP contribution in [0, 0.1) is 6.92 Å². The molecule has 1 atom stereocenters. The van der Waals surface area contributed by atoms with Crippen LogP contribution < -0.4 is 5.32 Å². The van der Waals surface area contributed by atoms with Gasteiger partial charge in [0.15, 0.2) is 0 Å². The van der Waals surface area contributed by atoms with E-state index in [-0.39, 0.29) is 12.1 Å². The van der Waals surface area contributed by atoms with E-state index in [1.807, 2.05) is 31.1 Å². The number of phenolic OH excluding ortho intramolecular Hbond substituents is 1. The molecule has 0 spiro atoms. The highest BCUT2D eigenvalue weighted by Gasteiger charge is 2.25. The van der Waals surface area contributed by atoms with Crippen LogP contribution in [-0.4, -0.2) is 54.7 Å². The van der Waals surface area contributed by atoms with E-state index in [9.17, 15) is 9.90 Å². The molecule has 1 aliphatic rings. The second kappa shape index (κ2) is 9.11. The molecule has 28 heavy (non-hydrogen) atoms. The van der Waals surface area contributed by atoms with E-state index in [0.29, 0.717) is 18.2 Å². The van der Waals surface area contributed by atoms with Crippen molar-refractivity contribution < 1.29 is 9.90 Å². The lowest BCUT2D eigenvalue weighted by Gasteiger charge is -2.33. The Bertz CT molecular complexity index is 781. The lowest BCUT2D eigenvalue weighted by Crippen LogP contribution is -2.46. The fraction of sp³-hybridized carbons (Fsp3) is 0.435. The Morgan fingerprint density at radius 3 is 2.46 bits per heavy atom. The minimum atomic E-state index is 0.00770. The Balaban J connectivity index is 1.53. The van der Waals surface area contributed by atoms with Crippen LogP contribution in [0.15, 0.2) is 48.5 Å². The predicted molar refractivity (Wildman–Crippen MR) is 113 cm³/mol. The minimum Gasteiger partial charge on any atom is -0.508 e. The Morgan fingerprint density at radius 1 is 1.18 bits per heavy atom. The second-order valence-electron chi connectivity index (χ2n) is 7.93. The summed E-state index contributed by atoms with van der Waals surface area (Å²) in [5.74, 6) is 0.710. The van der Waals surface area contributed by atoms with Gasteiger partial charge in [-0.15, -0.1) is 0 Å². The van der Waals surface area contributed by atoms with E-state index in [2.05, 4.69) is 47.5 Å². The number of benzene rings is 2. The van der Waals surface area contributed by atoms with Gasteiger partial charge >= 0.3 is 6.03 Å². The molecular formula is C23H31N3O2. The Morgan fingerprint density at radius 2 is 1.86 bits per heavy atom. The number of aryl methyl sites for hydroxylation is 1. The molecule has 1 saturated heterocycles. The van der Waals surface area contributed by atoms with Crippen molar-refractivity contribution in [2.75, 3.05) is 33.7 Å². The molecule has 2 N–H and O–H groups in total. The van der Waals surface area contributed by atoms with Gasteiger partial charge in [-0.1, -0.05) is 42.0 Å². The molecule has 3 rings (SSSR count). The van der Waals surface area contributed by atoms with Crippen molar-refractivity contribution in [3.8, 4) is 5.75 Å². The Labute approximate surface area is 168 Å². The number of amides is 2. The van der Waals surface area contributed by atoms with Crippen molar-refractivity contribution in [3.05, 3.63) is 65.2 Å². The molecule has 150 valence electrons. The van der Waals surface area contributed by atoms with E-state index in [1.165, 1.54) is 11.1 Å². The zero-order valence-corrected chi connectivity index (χ0v) is 17.1. The summed E-state index contributed by atoms with van der Waals surface area (Å²) >= 11 is 0. The summed E-state index contributed by atoms with van der Waals surface area (Å²) in [5, 5.41) is 12.8. The van der Waals surface area contributed by atoms with Gasteiger partial charge in [0.2, 0.25) is 0 Å². The maximum atomic E-state index is 12.7. The smallest absolute Gasteiger partial charge is 0.317 e. The lowest BCUT2D eigenvalue weighted by atomic mass is 9.89. The summed E-state index contributed by atoms with van der Waals surface area (Å²) in [7, 11) is 4.08. The molecule has 0 aliphatic carbocycles. The van der Waals surface area contributed by atoms with Crippen LogP contribution in [0.25, 0.3) is 0 Å². The van der Waals surface area contributed by atoms with Gasteiger partial charge < -0.3 is 20.2 Å². The fourth-order valence-corrected chi connectivity index (χ4v) is 3.88. The van der Waals surface area contributed by atoms with Crippen molar-refractivity contribution in [2.45, 2.75) is 31.7 Å². The molecule has 1 heterocycles. The van der Waals surface area contributed by atoms with Gasteiger partial charge in [-0.25, -0.2) is 4.79 Å². The average Bonchev–Trinajstić information content (AvgIpc) is 2.69. The molecule has 0 aromatic heterocycles. The third-order valence-electron chi connectivity index (χ3n) is 5.66. The summed E-state index contributed by atoms with van der Waals surface area (Å²) in [4.78, 5) is 16.7. The largest absolute Gasteiger partial charge is 0.508 e. The van der Waals surface area contributed by atoms with Crippen molar-refractivity contribution in [3.63, 3.8) is 0 Å². The number of nitrogens with zero attached hydrogens (tertiary/aromatic N) is 2. The number of carbonyl (C=O) groups is 1. The molecule has 0 unspecified atom stereocenters. The van der Waals surface area contributed by atoms with Gasteiger partial charge in [-0.05, 0) is 63.0 Å². The number of urea groups is 1. The molecule has 0 radical (unpaired) electrons. The first-order chi connectivity index (χ1) is 13.4. The van der Waals surface area contributed by atoms with Gasteiger partial charge in [0.25, 0.3) is 0 Å². The Kier molecular flexibility index (Phi) is 6.57. The number of likely N-dealkylation sites (N-methyl/N-ethyl adjacent to an activating group) is 1. The molecule has 2 aromatic carbocycles. The van der Waals surface area contributed by atoms with Crippen LogP contribution in [0.1, 0.15) is 41.5 Å². The topological polar surface area (TPSA) is 55.8 Å². The maximum Gasteiger partial charge on any atom is 0.317 e. The van der Waals surface area contributed by atoms with Crippen molar-refractivity contribution in [1.82, 2.24) is 15.1 Å². The van der Waals surface area contributed by atoms with Gasteiger partial charge in [-0.2, -0.15) is 0 Å². The summed E-state index contributed by atoms with van der Waals surface area (Å²) in [6.45, 7) is 4.14. The van der Waals surface area contributed by atoms with Gasteiger partial charge in [0.05, 0.1) is 6.04 Å². The highest BCUT2D eigenvalue weighted by atomic mass is 16.3. The fourth-order valence-electron chi connectivity index (χ4n) is 3.88. The molecule has 0 saturated carbocycles. The third-order valence-corrected chi connectivity index (χ3v) is 5.66. The first kappa shape index (κ1) is 20.2. The second-order valence-corrected chi connectivity index (χ2v) is 7.93. The monoisotopic (exact) mass is 381 g/mol. The van der Waals surface area contributed by atoms with Crippen molar-refractivity contribution in [2.24, 2.45) is 0 Å². The molecule has 5 heteroatoms. The highest BCUT2D eigenvalue weighted by molar-refractivity contribution is 5.74. The number of likely N-dealkylation sites (tertiary alicyclic amines) is 1. The number of phenols is 1. The first-order valence-electron chi connectivity index (χ1n) is 9.98. The van der Waals surface area contributed by atoms with Crippen molar-refractivity contribution >= 4 is 6.03 Å². The van der Waals surface area contributed by atoms with Crippen LogP contribution >= 0.6 is 0 Å². The standard InChI is InChI=1S/C23H31N3O2/c1-17-7-9-19(10-8-17)22(25(2)3)16-24-23(28)26-13-11-18(12-14-26)20-5-4-6-21(27)15-20/h4-10,15,18,22,27H,11-14,16H2,1-3H3,(H,24,28)/t22-/m1/s1. The molecule has 5 nitrogen and oxygen atoms in total. The van der Waals surface area contributed by atoms with E-state index < -0.39 is 0 Å². The van der Waals surface area contributed by atoms with E-state index in [1.54, 1.807) is 6.07 Å². The third kappa shape index (κ3) is 5.04. The van der Waals surface area contributed by atoms with Crippen LogP contribution in [0.4, 0.5) is 4.79 Å². The molecule has 1 aliphatic heterocycles. The average molecular weight is 382 g/mol. The minimum absolute atomic E-state index is 0.00770. The summed E-state index contributed by atoms with van der Waals surface area (Å²) in [5.41, 5.74) is 3.60. The van der Waals surface area contributed by atoms with Crippen LogP contribution in [0.5, 0.6) is 5.75 Å². The molecule has 2 aromatic rings. The summed E-state index contributed by atoms with van der Waals surface area (Å²) in [6.07, 6.45) is 1.85. The molecule has 1 fully saturated rings. The summed E-state index contributed by atoms with van der Waals surface area (Å²) < 4.78 is 0. The van der Waals surface area contributed by atoms with Gasteiger partial charge in [0.1, 0.15) is 5.75 Å². The normalized spacial score (nSPS) is 16.2. The van der Waals surface area contributed by atoms with E-state index in [4.69, 9.17) is 0 Å². The quantitative estimate of drug-likeness (QED) is 0.826. The van der Waals surface area contributed by atoms with E-state index >= 15 is 0 Å². The number of hydrogen-bond acceptors (Lipinski definition) is 3. The maximum absolute atomic E-state index is 12.7. The SMILES string of the molecule is Cc1ccc([C@@H](CNC(=O)N2CCC(c3cccc(O)c3)CC2)N(C)C)cc1. The number of nitrogens with one attached hydrogen (secondary N) is 1. The zero-order valence-electron chi connectivity index (χ0n) is 17.1. The highest BCUT2D eigenvalue weighted by Crippen LogP contribution is 2.29. The zero-order chi connectivity index (χ0) is 20.1. The number of rotatable bonds is 5. The molecular weight excluding hydrogens is 350 g/mol. The van der Waals surface area contributed by atoms with Crippen LogP contribution in [-0.2, 0) is 0 Å². The summed E-state index contributed by atoms with van der Waals surface area (Å²) in [6, 6.07) is 16.1. The number of aromatic hydroxyl groups is 1. The number of carbonyl (C=O) groups excluding carboxylic acids is 1. The van der Waals surface area contributed by atoms with Crippen molar-refractivity contribution in [1.29, 1.82) is 0 Å². The Hall–Kier alpha value is -2.53. The number of piperidine rings is 1. The van der Waals surface area contributed by atoms with Crippen LogP contribution in [0.3, 0.4) is 0 Å². The van der Waals surface area contributed by atoms with Gasteiger partial charge in [-0.3, -0.25) is 0 Å². The predicted octanol–water partition coefficient (Wildman–Crippen LogP) is 3.89. The lowest BCUT2D eigenvalue weighted by molar-refractivity contribution is 0.177. The molecule has 0 bridgehead atoms. The number of hydrogen-bond donors (Lipinski definition) is 2. The van der Waals surface area contributed by atoms with E-state index in [0.717, 1.165) is 31.5 Å². The van der Waals surface area contributed by atoms with Crippen LogP contribution in [0.2, 0.25) is 0 Å². The molecule has 2 amide bonds.